The number of hydrogen-bond donors (Lipinski definition) is 1. The summed E-state index contributed by atoms with van der Waals surface area (Å²) < 4.78 is 6.41. The van der Waals surface area contributed by atoms with Crippen LogP contribution in [0.1, 0.15) is 23.0 Å². The predicted octanol–water partition coefficient (Wildman–Crippen LogP) is 3.00. The second-order valence-electron chi connectivity index (χ2n) is 5.94. The molecule has 0 saturated carbocycles. The molecule has 0 aliphatic carbocycles. The molecule has 0 spiro atoms. The van der Waals surface area contributed by atoms with Crippen LogP contribution in [0.15, 0.2) is 54.7 Å². The number of fused-ring (bicyclic) bond motifs is 1. The van der Waals surface area contributed by atoms with Crippen molar-refractivity contribution in [1.29, 1.82) is 5.26 Å². The van der Waals surface area contributed by atoms with Gasteiger partial charge >= 0.3 is 5.97 Å². The van der Waals surface area contributed by atoms with Crippen LogP contribution in [0.2, 0.25) is 0 Å². The monoisotopic (exact) mass is 385 g/mol. The van der Waals surface area contributed by atoms with Crippen LogP contribution in [-0.4, -0.2) is 37.5 Å². The molecule has 0 bridgehead atoms. The highest BCUT2D eigenvalue weighted by Crippen LogP contribution is 2.23. The molecule has 4 aromatic rings. The molecule has 3 aromatic heterocycles. The molecular formula is C20H15N7O2. The molecule has 0 aliphatic rings. The first-order chi connectivity index (χ1) is 14.2. The number of hydrogen-bond acceptors (Lipinski definition) is 8. The van der Waals surface area contributed by atoms with Crippen molar-refractivity contribution in [2.45, 2.75) is 6.92 Å². The Hall–Kier alpha value is -4.32. The van der Waals surface area contributed by atoms with E-state index in [9.17, 15) is 10.1 Å². The van der Waals surface area contributed by atoms with Gasteiger partial charge in [-0.25, -0.2) is 9.78 Å². The van der Waals surface area contributed by atoms with Crippen LogP contribution < -0.4 is 5.32 Å². The maximum Gasteiger partial charge on any atom is 0.358 e. The Labute approximate surface area is 165 Å². The number of benzene rings is 1. The van der Waals surface area contributed by atoms with Gasteiger partial charge in [-0.15, -0.1) is 10.2 Å². The normalized spacial score (nSPS) is 10.5. The molecule has 0 unspecified atom stereocenters. The number of carbonyl (C=O) groups excluding carboxylic acids is 1. The summed E-state index contributed by atoms with van der Waals surface area (Å²) in [6, 6.07) is 16.6. The van der Waals surface area contributed by atoms with Crippen molar-refractivity contribution >= 4 is 28.5 Å². The van der Waals surface area contributed by atoms with E-state index < -0.39 is 5.97 Å². The van der Waals surface area contributed by atoms with Gasteiger partial charge < -0.3 is 10.1 Å². The molecule has 9 heteroatoms. The van der Waals surface area contributed by atoms with Gasteiger partial charge in [-0.2, -0.15) is 15.0 Å². The zero-order chi connectivity index (χ0) is 20.2. The summed E-state index contributed by atoms with van der Waals surface area (Å²) in [4.78, 5) is 16.3. The lowest BCUT2D eigenvalue weighted by Gasteiger charge is -2.10. The van der Waals surface area contributed by atoms with Gasteiger partial charge in [0.1, 0.15) is 11.6 Å². The third-order valence-electron chi connectivity index (χ3n) is 4.09. The maximum absolute atomic E-state index is 11.7. The zero-order valence-corrected chi connectivity index (χ0v) is 15.4. The van der Waals surface area contributed by atoms with Crippen LogP contribution in [0.3, 0.4) is 0 Å². The summed E-state index contributed by atoms with van der Waals surface area (Å²) in [6.45, 7) is 1.97. The van der Waals surface area contributed by atoms with Crippen molar-refractivity contribution in [3.8, 4) is 11.9 Å². The highest BCUT2D eigenvalue weighted by molar-refractivity contribution is 5.87. The van der Waals surface area contributed by atoms with Crippen LogP contribution in [0.4, 0.5) is 11.6 Å². The van der Waals surface area contributed by atoms with Gasteiger partial charge in [0.05, 0.1) is 18.3 Å². The van der Waals surface area contributed by atoms with Gasteiger partial charge in [0.2, 0.25) is 0 Å². The standard InChI is InChI=1S/C20H15N7O2/c1-2-29-20(28)16-8-9-17(26-25-16)24-19-14(11-21)12-22-27(19)18-10-7-13-5-3-4-6-15(13)23-18/h3-10,12H,2H2,1H3,(H,24,26). The molecule has 0 saturated heterocycles. The van der Waals surface area contributed by atoms with E-state index in [1.165, 1.54) is 16.9 Å². The number of pyridine rings is 1. The quantitative estimate of drug-likeness (QED) is 0.521. The van der Waals surface area contributed by atoms with Crippen LogP contribution in [0.5, 0.6) is 0 Å². The summed E-state index contributed by atoms with van der Waals surface area (Å²) in [6.07, 6.45) is 1.44. The molecule has 29 heavy (non-hydrogen) atoms. The van der Waals surface area contributed by atoms with Crippen molar-refractivity contribution in [2.24, 2.45) is 0 Å². The molecular weight excluding hydrogens is 370 g/mol. The number of rotatable bonds is 5. The second-order valence-corrected chi connectivity index (χ2v) is 5.94. The lowest BCUT2D eigenvalue weighted by molar-refractivity contribution is 0.0518. The highest BCUT2D eigenvalue weighted by Gasteiger charge is 2.15. The Morgan fingerprint density at radius 1 is 1.17 bits per heavy atom. The zero-order valence-electron chi connectivity index (χ0n) is 15.4. The van der Waals surface area contributed by atoms with E-state index in [1.807, 2.05) is 36.4 Å². The van der Waals surface area contributed by atoms with Crippen molar-refractivity contribution in [1.82, 2.24) is 25.0 Å². The summed E-state index contributed by atoms with van der Waals surface area (Å²) in [7, 11) is 0. The van der Waals surface area contributed by atoms with Crippen molar-refractivity contribution in [2.75, 3.05) is 11.9 Å². The van der Waals surface area contributed by atoms with E-state index in [1.54, 1.807) is 13.0 Å². The van der Waals surface area contributed by atoms with Crippen molar-refractivity contribution in [3.05, 3.63) is 66.0 Å². The van der Waals surface area contributed by atoms with Crippen LogP contribution in [0.25, 0.3) is 16.7 Å². The lowest BCUT2D eigenvalue weighted by atomic mass is 10.2. The first-order valence-electron chi connectivity index (χ1n) is 8.81. The Morgan fingerprint density at radius 3 is 2.79 bits per heavy atom. The van der Waals surface area contributed by atoms with Crippen LogP contribution in [-0.2, 0) is 4.74 Å². The molecule has 142 valence electrons. The first-order valence-corrected chi connectivity index (χ1v) is 8.81. The van der Waals surface area contributed by atoms with E-state index in [-0.39, 0.29) is 12.3 Å². The number of carbonyl (C=O) groups is 1. The summed E-state index contributed by atoms with van der Waals surface area (Å²) in [5, 5.41) is 25.6. The van der Waals surface area contributed by atoms with Crippen molar-refractivity contribution < 1.29 is 9.53 Å². The Balaban J connectivity index is 1.68. The second kappa shape index (κ2) is 7.74. The molecule has 0 fully saturated rings. The van der Waals surface area contributed by atoms with Gasteiger partial charge in [-0.1, -0.05) is 18.2 Å². The van der Waals surface area contributed by atoms with E-state index in [0.29, 0.717) is 23.0 Å². The van der Waals surface area contributed by atoms with Crippen LogP contribution >= 0.6 is 0 Å². The molecule has 1 N–H and O–H groups in total. The topological polar surface area (TPSA) is 119 Å². The number of ether oxygens (including phenoxy) is 1. The molecule has 0 atom stereocenters. The summed E-state index contributed by atoms with van der Waals surface area (Å²) in [5.41, 5.74) is 1.22. The summed E-state index contributed by atoms with van der Waals surface area (Å²) >= 11 is 0. The fourth-order valence-electron chi connectivity index (χ4n) is 2.73. The minimum atomic E-state index is -0.547. The summed E-state index contributed by atoms with van der Waals surface area (Å²) in [5.74, 6) is 0.740. The third kappa shape index (κ3) is 3.59. The van der Waals surface area contributed by atoms with Gasteiger partial charge in [0, 0.05) is 5.39 Å². The van der Waals surface area contributed by atoms with E-state index in [2.05, 4.69) is 31.7 Å². The molecule has 3 heterocycles. The highest BCUT2D eigenvalue weighted by atomic mass is 16.5. The van der Waals surface area contributed by atoms with E-state index >= 15 is 0 Å². The van der Waals surface area contributed by atoms with Crippen molar-refractivity contribution in [3.63, 3.8) is 0 Å². The maximum atomic E-state index is 11.7. The fourth-order valence-corrected chi connectivity index (χ4v) is 2.73. The number of nitrogens with zero attached hydrogens (tertiary/aromatic N) is 6. The first kappa shape index (κ1) is 18.1. The number of nitrogens with one attached hydrogen (secondary N) is 1. The number of para-hydroxylation sites is 1. The van der Waals surface area contributed by atoms with E-state index in [4.69, 9.17) is 4.74 Å². The molecule has 0 amide bonds. The number of nitriles is 1. The molecule has 9 nitrogen and oxygen atoms in total. The Bertz CT molecular complexity index is 1230. The fraction of sp³-hybridized carbons (Fsp3) is 0.100. The van der Waals surface area contributed by atoms with Crippen LogP contribution in [0, 0.1) is 11.3 Å². The largest absolute Gasteiger partial charge is 0.461 e. The molecule has 0 radical (unpaired) electrons. The van der Waals surface area contributed by atoms with Gasteiger partial charge in [0.15, 0.2) is 23.1 Å². The minimum Gasteiger partial charge on any atom is -0.461 e. The number of esters is 1. The minimum absolute atomic E-state index is 0.0996. The SMILES string of the molecule is CCOC(=O)c1ccc(Nc2c(C#N)cnn2-c2ccc3ccccc3n2)nn1. The number of aromatic nitrogens is 5. The van der Waals surface area contributed by atoms with Gasteiger partial charge in [0.25, 0.3) is 0 Å². The van der Waals surface area contributed by atoms with Gasteiger partial charge in [-0.05, 0) is 37.3 Å². The average Bonchev–Trinajstić information content (AvgIpc) is 3.16. The van der Waals surface area contributed by atoms with E-state index in [0.717, 1.165) is 10.9 Å². The molecule has 4 rings (SSSR count). The molecule has 0 aliphatic heterocycles. The predicted molar refractivity (Wildman–Crippen MR) is 105 cm³/mol. The van der Waals surface area contributed by atoms with Gasteiger partial charge in [-0.3, -0.25) is 0 Å². The third-order valence-corrected chi connectivity index (χ3v) is 4.09. The Kier molecular flexibility index (Phi) is 4.82. The average molecular weight is 385 g/mol. The lowest BCUT2D eigenvalue weighted by Crippen LogP contribution is -2.10. The molecule has 1 aromatic carbocycles. The smallest absolute Gasteiger partial charge is 0.358 e. The number of anilines is 2. The Morgan fingerprint density at radius 2 is 2.03 bits per heavy atom.